The predicted octanol–water partition coefficient (Wildman–Crippen LogP) is 0.486. The number of carbonyl (C=O) groups is 4. The highest BCUT2D eigenvalue weighted by Crippen LogP contribution is 2.29. The average Bonchev–Trinajstić information content (AvgIpc) is 4.10. The third kappa shape index (κ3) is 10.4. The first-order chi connectivity index (χ1) is 33.1. The lowest BCUT2D eigenvalue weighted by Crippen LogP contribution is -2.59. The van der Waals surface area contributed by atoms with Gasteiger partial charge in [-0.25, -0.2) is 0 Å². The van der Waals surface area contributed by atoms with Gasteiger partial charge in [-0.1, -0.05) is 12.2 Å². The zero-order valence-corrected chi connectivity index (χ0v) is 38.9. The first kappa shape index (κ1) is 49.7. The number of H-pyrrole nitrogens is 2. The molecule has 4 amide bonds. The van der Waals surface area contributed by atoms with Crippen molar-refractivity contribution in [3.8, 4) is 11.5 Å². The number of primary amides is 2. The molecule has 0 bridgehead atoms. The van der Waals surface area contributed by atoms with Crippen LogP contribution < -0.4 is 32.2 Å². The standard InChI is InChI=1S/C45H56N12O12/c1-7-56-29(16-23(3)52-56)41(63)50-44-48-27-18-25(39(46)61)20-31(65-5)34(27)54(44)12-9-10-13-55-35-28(49-45(55)51-42(64)30-17-24(4)53-57(30)8-2)19-26(40(47)62)21-32(35)67-14-11-15-68-38-33(22-58)69-43(66-6)37(60)36(38)59/h9-10,16-21,33,36-38,43,58-60H,7-8,11-15,22H2,1-6H3,(H2,46,61)(H2,47,62)(H,48,50,63)(H,49,51,64)/b10-9+/t33-,36-,37-,38-,43+/m1/s1. The fourth-order valence-electron chi connectivity index (χ4n) is 8.13. The Bertz CT molecular complexity index is 3060. The second-order valence-electron chi connectivity index (χ2n) is 16.1. The van der Waals surface area contributed by atoms with Gasteiger partial charge in [-0.2, -0.15) is 20.2 Å². The van der Waals surface area contributed by atoms with E-state index in [1.54, 1.807) is 51.9 Å². The van der Waals surface area contributed by atoms with Crippen LogP contribution in [0, 0.1) is 13.8 Å². The summed E-state index contributed by atoms with van der Waals surface area (Å²) in [5.74, 6) is -2.12. The molecular formula is C45H56N12O12. The number of allylic oxidation sites excluding steroid dienone is 2. The molecule has 5 atom stereocenters. The smallest absolute Gasteiger partial charge is 0.298 e. The number of nitrogens with zero attached hydrogens (tertiary/aromatic N) is 8. The second-order valence-corrected chi connectivity index (χ2v) is 16.1. The number of aromatic nitrogens is 8. The van der Waals surface area contributed by atoms with Gasteiger partial charge in [0.1, 0.15) is 58.3 Å². The van der Waals surface area contributed by atoms with E-state index in [1.807, 2.05) is 13.8 Å². The van der Waals surface area contributed by atoms with Gasteiger partial charge in [0.2, 0.25) is 23.1 Å². The summed E-state index contributed by atoms with van der Waals surface area (Å²) in [5, 5.41) is 39.8. The minimum Gasteiger partial charge on any atom is -0.494 e. The molecule has 7 rings (SSSR count). The second kappa shape index (κ2) is 21.4. The Kier molecular flexibility index (Phi) is 15.4. The summed E-state index contributed by atoms with van der Waals surface area (Å²) in [6, 6.07) is 9.29. The molecule has 5 heterocycles. The van der Waals surface area contributed by atoms with Crippen LogP contribution in [0.25, 0.3) is 22.1 Å². The molecule has 4 aromatic heterocycles. The van der Waals surface area contributed by atoms with Crippen molar-refractivity contribution in [2.75, 3.05) is 34.0 Å². The highest BCUT2D eigenvalue weighted by Gasteiger charge is 2.45. The number of aryl methyl sites for hydroxylation is 4. The van der Waals surface area contributed by atoms with Crippen LogP contribution in [-0.4, -0.2) is 142 Å². The SMILES string of the molecule is CCn1nc(C)cc1C(=O)/N=c1/[nH]c2cc(C(N)=O)cc(OC)c2n1C/C=C/Cn1/c(=N/C(=O)c2cc(C)nn2CC)[nH]c2cc(C(N)=O)cc(OCCCO[C@H]3[C@H](O)[C@@H](O)[C@@H](OC)O[C@@H]3CO)c21. The molecular weight excluding hydrogens is 901 g/mol. The molecule has 368 valence electrons. The number of nitrogens with two attached hydrogens (primary N) is 2. The number of rotatable bonds is 19. The maximum absolute atomic E-state index is 13.8. The van der Waals surface area contributed by atoms with Crippen molar-refractivity contribution in [3.05, 3.63) is 93.7 Å². The predicted molar refractivity (Wildman–Crippen MR) is 245 cm³/mol. The molecule has 69 heavy (non-hydrogen) atoms. The first-order valence-corrected chi connectivity index (χ1v) is 22.1. The van der Waals surface area contributed by atoms with Crippen LogP contribution in [0.15, 0.2) is 58.5 Å². The molecule has 0 radical (unpaired) electrons. The third-order valence-corrected chi connectivity index (χ3v) is 11.4. The number of fused-ring (bicyclic) bond motifs is 2. The van der Waals surface area contributed by atoms with Gasteiger partial charge < -0.3 is 69.6 Å². The summed E-state index contributed by atoms with van der Waals surface area (Å²) in [4.78, 5) is 67.7. The first-order valence-electron chi connectivity index (χ1n) is 22.1. The van der Waals surface area contributed by atoms with Crippen LogP contribution in [0.3, 0.4) is 0 Å². The van der Waals surface area contributed by atoms with E-state index in [9.17, 15) is 34.5 Å². The van der Waals surface area contributed by atoms with Crippen LogP contribution in [-0.2, 0) is 40.4 Å². The molecule has 0 aliphatic carbocycles. The Hall–Kier alpha value is -7.22. The van der Waals surface area contributed by atoms with Gasteiger partial charge in [-0.15, -0.1) is 0 Å². The number of carbonyl (C=O) groups excluding carboxylic acids is 4. The van der Waals surface area contributed by atoms with Crippen LogP contribution in [0.1, 0.15) is 73.3 Å². The molecule has 9 N–H and O–H groups in total. The number of aliphatic hydroxyl groups is 3. The van der Waals surface area contributed by atoms with Crippen molar-refractivity contribution in [1.29, 1.82) is 0 Å². The molecule has 24 nitrogen and oxygen atoms in total. The number of methoxy groups -OCH3 is 2. The van der Waals surface area contributed by atoms with E-state index < -0.39 is 60.9 Å². The number of hydrogen-bond acceptors (Lipinski definition) is 14. The van der Waals surface area contributed by atoms with Crippen LogP contribution in [0.4, 0.5) is 0 Å². The van der Waals surface area contributed by atoms with Crippen molar-refractivity contribution in [2.45, 2.75) is 91.0 Å². The molecule has 1 fully saturated rings. The van der Waals surface area contributed by atoms with E-state index in [0.717, 1.165) is 0 Å². The zero-order valence-electron chi connectivity index (χ0n) is 38.9. The minimum atomic E-state index is -1.42. The molecule has 24 heteroatoms. The molecule has 2 aromatic carbocycles. The van der Waals surface area contributed by atoms with E-state index in [0.29, 0.717) is 46.5 Å². The van der Waals surface area contributed by atoms with Crippen molar-refractivity contribution < 1.29 is 58.2 Å². The van der Waals surface area contributed by atoms with Gasteiger partial charge in [0.15, 0.2) is 6.29 Å². The highest BCUT2D eigenvalue weighted by molar-refractivity contribution is 5.99. The lowest BCUT2D eigenvalue weighted by molar-refractivity contribution is -0.301. The number of benzene rings is 2. The van der Waals surface area contributed by atoms with Crippen molar-refractivity contribution in [3.63, 3.8) is 0 Å². The van der Waals surface area contributed by atoms with Gasteiger partial charge >= 0.3 is 0 Å². The van der Waals surface area contributed by atoms with Gasteiger partial charge in [-0.3, -0.25) is 28.5 Å². The lowest BCUT2D eigenvalue weighted by atomic mass is 9.99. The number of hydrogen-bond donors (Lipinski definition) is 7. The number of ether oxygens (including phenoxy) is 5. The van der Waals surface area contributed by atoms with Gasteiger partial charge in [-0.05, 0) is 64.1 Å². The van der Waals surface area contributed by atoms with E-state index in [1.165, 1.54) is 43.2 Å². The van der Waals surface area contributed by atoms with Crippen molar-refractivity contribution in [2.24, 2.45) is 21.5 Å². The van der Waals surface area contributed by atoms with Gasteiger partial charge in [0.25, 0.3) is 11.8 Å². The Morgan fingerprint density at radius 1 is 0.768 bits per heavy atom. The largest absolute Gasteiger partial charge is 0.494 e. The van der Waals surface area contributed by atoms with Crippen molar-refractivity contribution in [1.82, 2.24) is 38.7 Å². The fraction of sp³-hybridized carbons (Fsp3) is 0.422. The monoisotopic (exact) mass is 956 g/mol. The Labute approximate surface area is 393 Å². The maximum Gasteiger partial charge on any atom is 0.298 e. The van der Waals surface area contributed by atoms with Crippen LogP contribution in [0.2, 0.25) is 0 Å². The molecule has 1 aliphatic heterocycles. The summed E-state index contributed by atoms with van der Waals surface area (Å²) in [6.45, 7) is 7.76. The molecule has 0 spiro atoms. The van der Waals surface area contributed by atoms with E-state index >= 15 is 0 Å². The highest BCUT2D eigenvalue weighted by atomic mass is 16.7. The summed E-state index contributed by atoms with van der Waals surface area (Å²) >= 11 is 0. The minimum absolute atomic E-state index is 0.00196. The third-order valence-electron chi connectivity index (χ3n) is 11.4. The Morgan fingerprint density at radius 2 is 1.28 bits per heavy atom. The molecule has 1 saturated heterocycles. The van der Waals surface area contributed by atoms with E-state index in [2.05, 4.69) is 30.2 Å². The normalized spacial score (nSPS) is 19.1. The molecule has 0 unspecified atom stereocenters. The van der Waals surface area contributed by atoms with Gasteiger partial charge in [0, 0.05) is 50.8 Å². The lowest BCUT2D eigenvalue weighted by Gasteiger charge is -2.41. The number of aliphatic hydroxyl groups excluding tert-OH is 3. The van der Waals surface area contributed by atoms with E-state index in [4.69, 9.17) is 35.2 Å². The van der Waals surface area contributed by atoms with E-state index in [-0.39, 0.29) is 78.0 Å². The van der Waals surface area contributed by atoms with Crippen molar-refractivity contribution >= 4 is 45.7 Å². The number of amides is 4. The summed E-state index contributed by atoms with van der Waals surface area (Å²) in [5.41, 5.74) is 15.4. The fourth-order valence-corrected chi connectivity index (χ4v) is 8.13. The molecule has 1 aliphatic rings. The number of imidazole rings is 2. The molecule has 6 aromatic rings. The van der Waals surface area contributed by atoms with Crippen LogP contribution >= 0.6 is 0 Å². The number of nitrogens with one attached hydrogen (secondary N) is 2. The topological polar surface area (TPSA) is 329 Å². The summed E-state index contributed by atoms with van der Waals surface area (Å²) in [7, 11) is 2.74. The summed E-state index contributed by atoms with van der Waals surface area (Å²) in [6.07, 6.45) is -2.25. The Morgan fingerprint density at radius 3 is 1.74 bits per heavy atom. The average molecular weight is 957 g/mol. The number of aromatic amines is 2. The quantitative estimate of drug-likeness (QED) is 0.0429. The molecule has 0 saturated carbocycles. The zero-order chi connectivity index (χ0) is 49.7. The summed E-state index contributed by atoms with van der Waals surface area (Å²) < 4.78 is 34.9. The van der Waals surface area contributed by atoms with Crippen LogP contribution in [0.5, 0.6) is 11.5 Å². The van der Waals surface area contributed by atoms with Gasteiger partial charge in [0.05, 0.1) is 49.4 Å². The Balaban J connectivity index is 1.26. The maximum atomic E-state index is 13.8.